The van der Waals surface area contributed by atoms with E-state index < -0.39 is 11.6 Å². The number of aliphatic hydroxyl groups excluding tert-OH is 1. The van der Waals surface area contributed by atoms with E-state index in [0.29, 0.717) is 5.56 Å². The maximum absolute atomic E-state index is 13.9. The Bertz CT molecular complexity index is 405. The highest BCUT2D eigenvalue weighted by atomic mass is 19.2. The lowest BCUT2D eigenvalue weighted by molar-refractivity contribution is 0.122. The molecule has 2 unspecified atom stereocenters. The largest absolute Gasteiger partial charge is 0.396 e. The molecule has 1 N–H and O–H groups in total. The van der Waals surface area contributed by atoms with Crippen molar-refractivity contribution in [1.29, 1.82) is 0 Å². The fourth-order valence-electron chi connectivity index (χ4n) is 2.73. The first-order chi connectivity index (χ1) is 8.65. The van der Waals surface area contributed by atoms with Gasteiger partial charge >= 0.3 is 0 Å². The standard InChI is InChI=1S/C14H19F2NO/c1-10(9-18)14(17-7-2-3-8-17)11-5-4-6-12(15)13(11)16/h4-6,10,14,18H,2-3,7-9H2,1H3. The Morgan fingerprint density at radius 3 is 2.56 bits per heavy atom. The molecule has 0 aromatic heterocycles. The second-order valence-corrected chi connectivity index (χ2v) is 4.99. The number of hydrogen-bond donors (Lipinski definition) is 1. The van der Waals surface area contributed by atoms with Gasteiger partial charge in [-0.1, -0.05) is 19.1 Å². The molecule has 4 heteroatoms. The van der Waals surface area contributed by atoms with Gasteiger partial charge in [0.2, 0.25) is 0 Å². The lowest BCUT2D eigenvalue weighted by atomic mass is 9.93. The summed E-state index contributed by atoms with van der Waals surface area (Å²) in [4.78, 5) is 2.14. The highest BCUT2D eigenvalue weighted by molar-refractivity contribution is 5.23. The monoisotopic (exact) mass is 255 g/mol. The van der Waals surface area contributed by atoms with Gasteiger partial charge in [0.15, 0.2) is 11.6 Å². The molecule has 1 saturated heterocycles. The molecule has 2 rings (SSSR count). The normalized spacial score (nSPS) is 20.0. The summed E-state index contributed by atoms with van der Waals surface area (Å²) in [6.07, 6.45) is 2.15. The fourth-order valence-corrected chi connectivity index (χ4v) is 2.73. The molecule has 18 heavy (non-hydrogen) atoms. The van der Waals surface area contributed by atoms with E-state index in [1.165, 1.54) is 6.07 Å². The molecule has 1 aliphatic heterocycles. The molecule has 1 aromatic carbocycles. The predicted octanol–water partition coefficient (Wildman–Crippen LogP) is 2.73. The molecule has 1 heterocycles. The van der Waals surface area contributed by atoms with Crippen LogP contribution in [0.5, 0.6) is 0 Å². The van der Waals surface area contributed by atoms with Gasteiger partial charge < -0.3 is 5.11 Å². The van der Waals surface area contributed by atoms with E-state index in [9.17, 15) is 13.9 Å². The number of aliphatic hydroxyl groups is 1. The molecule has 1 aliphatic rings. The fraction of sp³-hybridized carbons (Fsp3) is 0.571. The molecule has 0 radical (unpaired) electrons. The van der Waals surface area contributed by atoms with Crippen molar-refractivity contribution in [3.8, 4) is 0 Å². The van der Waals surface area contributed by atoms with Crippen LogP contribution in [0, 0.1) is 17.6 Å². The Balaban J connectivity index is 2.35. The minimum absolute atomic E-state index is 0.0306. The zero-order valence-corrected chi connectivity index (χ0v) is 10.6. The molecule has 0 spiro atoms. The van der Waals surface area contributed by atoms with Gasteiger partial charge in [0.1, 0.15) is 0 Å². The Morgan fingerprint density at radius 1 is 1.28 bits per heavy atom. The number of rotatable bonds is 4. The molecule has 100 valence electrons. The van der Waals surface area contributed by atoms with Crippen molar-refractivity contribution in [1.82, 2.24) is 4.90 Å². The lowest BCUT2D eigenvalue weighted by Crippen LogP contribution is -2.32. The summed E-state index contributed by atoms with van der Waals surface area (Å²) in [6, 6.07) is 4.03. The molecule has 0 aliphatic carbocycles. The first-order valence-electron chi connectivity index (χ1n) is 6.44. The first-order valence-corrected chi connectivity index (χ1v) is 6.44. The van der Waals surface area contributed by atoms with Crippen molar-refractivity contribution in [2.24, 2.45) is 5.92 Å². The van der Waals surface area contributed by atoms with Crippen LogP contribution in [0.3, 0.4) is 0 Å². The summed E-state index contributed by atoms with van der Waals surface area (Å²) in [6.45, 7) is 3.60. The van der Waals surface area contributed by atoms with Crippen molar-refractivity contribution in [3.05, 3.63) is 35.4 Å². The molecular formula is C14H19F2NO. The van der Waals surface area contributed by atoms with Crippen LogP contribution in [-0.4, -0.2) is 29.7 Å². The summed E-state index contributed by atoms with van der Waals surface area (Å²) in [5, 5.41) is 9.34. The van der Waals surface area contributed by atoms with Gasteiger partial charge in [0.05, 0.1) is 0 Å². The zero-order chi connectivity index (χ0) is 13.1. The smallest absolute Gasteiger partial charge is 0.163 e. The van der Waals surface area contributed by atoms with Crippen LogP contribution in [0.1, 0.15) is 31.4 Å². The number of halogens is 2. The number of likely N-dealkylation sites (tertiary alicyclic amines) is 1. The van der Waals surface area contributed by atoms with E-state index in [1.54, 1.807) is 6.07 Å². The van der Waals surface area contributed by atoms with Gasteiger partial charge in [-0.3, -0.25) is 4.90 Å². The molecule has 0 bridgehead atoms. The molecule has 2 atom stereocenters. The summed E-state index contributed by atoms with van der Waals surface area (Å²) >= 11 is 0. The third-order valence-corrected chi connectivity index (χ3v) is 3.66. The third kappa shape index (κ3) is 2.54. The van der Waals surface area contributed by atoms with E-state index in [4.69, 9.17) is 0 Å². The summed E-state index contributed by atoms with van der Waals surface area (Å²) in [7, 11) is 0. The Morgan fingerprint density at radius 2 is 1.94 bits per heavy atom. The molecule has 0 amide bonds. The van der Waals surface area contributed by atoms with Crippen LogP contribution in [0.2, 0.25) is 0 Å². The van der Waals surface area contributed by atoms with Gasteiger partial charge in [0.25, 0.3) is 0 Å². The van der Waals surface area contributed by atoms with E-state index in [2.05, 4.69) is 4.90 Å². The maximum Gasteiger partial charge on any atom is 0.163 e. The van der Waals surface area contributed by atoms with E-state index >= 15 is 0 Å². The number of hydrogen-bond acceptors (Lipinski definition) is 2. The minimum Gasteiger partial charge on any atom is -0.396 e. The van der Waals surface area contributed by atoms with Crippen molar-refractivity contribution in [2.75, 3.05) is 19.7 Å². The van der Waals surface area contributed by atoms with Crippen LogP contribution >= 0.6 is 0 Å². The minimum atomic E-state index is -0.818. The average molecular weight is 255 g/mol. The number of benzene rings is 1. The number of nitrogens with zero attached hydrogens (tertiary/aromatic N) is 1. The van der Waals surface area contributed by atoms with Crippen LogP contribution in [0.4, 0.5) is 8.78 Å². The van der Waals surface area contributed by atoms with Crippen LogP contribution < -0.4 is 0 Å². The van der Waals surface area contributed by atoms with Gasteiger partial charge in [-0.2, -0.15) is 0 Å². The Labute approximate surface area is 106 Å². The molecule has 0 saturated carbocycles. The topological polar surface area (TPSA) is 23.5 Å². The first kappa shape index (κ1) is 13.4. The lowest BCUT2D eigenvalue weighted by Gasteiger charge is -2.32. The second-order valence-electron chi connectivity index (χ2n) is 4.99. The zero-order valence-electron chi connectivity index (χ0n) is 10.6. The maximum atomic E-state index is 13.9. The van der Waals surface area contributed by atoms with Crippen molar-refractivity contribution in [2.45, 2.75) is 25.8 Å². The quantitative estimate of drug-likeness (QED) is 0.894. The van der Waals surface area contributed by atoms with Crippen molar-refractivity contribution < 1.29 is 13.9 Å². The molecular weight excluding hydrogens is 236 g/mol. The van der Waals surface area contributed by atoms with E-state index in [-0.39, 0.29) is 18.6 Å². The van der Waals surface area contributed by atoms with Gasteiger partial charge in [0, 0.05) is 18.2 Å². The molecule has 1 aromatic rings. The van der Waals surface area contributed by atoms with Gasteiger partial charge in [-0.15, -0.1) is 0 Å². The van der Waals surface area contributed by atoms with Crippen LogP contribution in [0.25, 0.3) is 0 Å². The molecule has 1 fully saturated rings. The van der Waals surface area contributed by atoms with Crippen molar-refractivity contribution in [3.63, 3.8) is 0 Å². The van der Waals surface area contributed by atoms with Gasteiger partial charge in [-0.25, -0.2) is 8.78 Å². The molecule has 2 nitrogen and oxygen atoms in total. The van der Waals surface area contributed by atoms with Gasteiger partial charge in [-0.05, 0) is 37.9 Å². The van der Waals surface area contributed by atoms with E-state index in [0.717, 1.165) is 32.0 Å². The average Bonchev–Trinajstić information content (AvgIpc) is 2.88. The van der Waals surface area contributed by atoms with E-state index in [1.807, 2.05) is 6.92 Å². The summed E-state index contributed by atoms with van der Waals surface area (Å²) in [5.74, 6) is -1.71. The second kappa shape index (κ2) is 5.76. The predicted molar refractivity (Wildman–Crippen MR) is 66.2 cm³/mol. The Kier molecular flexibility index (Phi) is 4.30. The Hall–Kier alpha value is -1.00. The summed E-state index contributed by atoms with van der Waals surface area (Å²) in [5.41, 5.74) is 0.360. The van der Waals surface area contributed by atoms with Crippen molar-refractivity contribution >= 4 is 0 Å². The summed E-state index contributed by atoms with van der Waals surface area (Å²) < 4.78 is 27.3. The SMILES string of the molecule is CC(CO)C(c1cccc(F)c1F)N1CCCC1. The van der Waals surface area contributed by atoms with Crippen LogP contribution in [-0.2, 0) is 0 Å². The highest BCUT2D eigenvalue weighted by Crippen LogP contribution is 2.33. The van der Waals surface area contributed by atoms with Crippen LogP contribution in [0.15, 0.2) is 18.2 Å². The third-order valence-electron chi connectivity index (χ3n) is 3.66. The highest BCUT2D eigenvalue weighted by Gasteiger charge is 2.30.